The molecule has 2 saturated heterocycles. The number of likely N-dealkylation sites (tertiary alicyclic amines) is 1. The lowest BCUT2D eigenvalue weighted by atomic mass is 10.0. The summed E-state index contributed by atoms with van der Waals surface area (Å²) in [6.07, 6.45) is 6.13. The molecule has 0 saturated carbocycles. The van der Waals surface area contributed by atoms with Crippen molar-refractivity contribution in [2.75, 3.05) is 63.7 Å². The van der Waals surface area contributed by atoms with Gasteiger partial charge in [-0.2, -0.15) is 4.98 Å². The first-order chi connectivity index (χ1) is 19.2. The molecule has 10 nitrogen and oxygen atoms in total. The zero-order valence-electron chi connectivity index (χ0n) is 24.1. The van der Waals surface area contributed by atoms with Gasteiger partial charge in [-0.05, 0) is 32.8 Å². The van der Waals surface area contributed by atoms with E-state index >= 15 is 0 Å². The molecule has 4 rings (SSSR count). The van der Waals surface area contributed by atoms with Crippen molar-refractivity contribution in [3.63, 3.8) is 0 Å². The number of nitrogens with one attached hydrogen (secondary N) is 1. The summed E-state index contributed by atoms with van der Waals surface area (Å²) in [4.78, 5) is 42.3. The Labute approximate surface area is 241 Å². The summed E-state index contributed by atoms with van der Waals surface area (Å²) < 4.78 is 11.1. The quantitative estimate of drug-likeness (QED) is 0.337. The number of Topliss-reactive ketones (excluding diaryl/α,β-unsaturated/α-hetero) is 1. The van der Waals surface area contributed by atoms with E-state index in [4.69, 9.17) is 31.7 Å². The van der Waals surface area contributed by atoms with Crippen LogP contribution in [0.4, 0.5) is 11.8 Å². The summed E-state index contributed by atoms with van der Waals surface area (Å²) in [5, 5.41) is 3.76. The van der Waals surface area contributed by atoms with Crippen LogP contribution in [0.15, 0.2) is 24.3 Å². The normalized spacial score (nSPS) is 18.8. The van der Waals surface area contributed by atoms with Gasteiger partial charge >= 0.3 is 0 Å². The van der Waals surface area contributed by atoms with E-state index in [0.717, 1.165) is 39.1 Å². The fourth-order valence-electron chi connectivity index (χ4n) is 5.37. The third-order valence-corrected chi connectivity index (χ3v) is 8.18. The van der Waals surface area contributed by atoms with Gasteiger partial charge in [0.2, 0.25) is 11.9 Å². The van der Waals surface area contributed by atoms with Crippen LogP contribution in [0.2, 0.25) is 0 Å². The van der Waals surface area contributed by atoms with E-state index < -0.39 is 6.04 Å². The molecule has 0 aliphatic carbocycles. The molecule has 2 aromatic rings. The number of piperazine rings is 1. The molecule has 2 aliphatic heterocycles. The lowest BCUT2D eigenvalue weighted by Crippen LogP contribution is -2.47. The van der Waals surface area contributed by atoms with Crippen LogP contribution in [0.3, 0.4) is 0 Å². The van der Waals surface area contributed by atoms with Gasteiger partial charge in [0.1, 0.15) is 17.6 Å². The minimum atomic E-state index is -0.425. The second kappa shape index (κ2) is 13.4. The molecule has 1 aromatic carbocycles. The number of allylic oxidation sites excluding steroid dienone is 1. The highest BCUT2D eigenvalue weighted by Gasteiger charge is 2.35. The van der Waals surface area contributed by atoms with E-state index in [-0.39, 0.29) is 17.6 Å². The van der Waals surface area contributed by atoms with E-state index in [2.05, 4.69) is 27.3 Å². The highest BCUT2D eigenvalue weighted by molar-refractivity contribution is 7.80. The van der Waals surface area contributed by atoms with E-state index in [1.54, 1.807) is 27.2 Å². The minimum absolute atomic E-state index is 0.0853. The average molecular weight is 569 g/mol. The van der Waals surface area contributed by atoms with Crippen LogP contribution in [0.1, 0.15) is 40.0 Å². The van der Waals surface area contributed by atoms with Crippen LogP contribution in [-0.4, -0.2) is 96.0 Å². The molecular formula is C29H40N6O4S. The molecule has 11 heteroatoms. The lowest BCUT2D eigenvalue weighted by Gasteiger charge is -2.34. The van der Waals surface area contributed by atoms with Crippen molar-refractivity contribution in [3.8, 4) is 11.5 Å². The number of hydrogen-bond donors (Lipinski definition) is 1. The summed E-state index contributed by atoms with van der Waals surface area (Å²) in [6, 6.07) is 3.19. The van der Waals surface area contributed by atoms with E-state index in [1.807, 2.05) is 24.8 Å². The molecule has 0 radical (unpaired) electrons. The number of benzene rings is 1. The Morgan fingerprint density at radius 1 is 1.12 bits per heavy atom. The number of hydrogen-bond acceptors (Lipinski definition) is 9. The standard InChI is InChI=1S/C29H40N6O4S/c1-6-7-10-33-12-14-34(15-13-33)29-30-22-18-25(39-5)24(38-4)17-21(22)26(32-29)31-27(37)23-9-8-11-35(23)28(40)19(2)16-20(3)36/h6-7,17-19,23H,8-16H2,1-5H3,(H,30,31,32,37)/b7-6+/t19?,23-/m1/s1. The zero-order chi connectivity index (χ0) is 28.8. The first-order valence-electron chi connectivity index (χ1n) is 13.9. The van der Waals surface area contributed by atoms with Crippen LogP contribution in [0.25, 0.3) is 10.9 Å². The monoisotopic (exact) mass is 568 g/mol. The highest BCUT2D eigenvalue weighted by Crippen LogP contribution is 2.35. The van der Waals surface area contributed by atoms with Gasteiger partial charge in [0.05, 0.1) is 24.7 Å². The second-order valence-corrected chi connectivity index (χ2v) is 10.9. The topological polar surface area (TPSA) is 100 Å². The summed E-state index contributed by atoms with van der Waals surface area (Å²) in [5.41, 5.74) is 0.656. The van der Waals surface area contributed by atoms with E-state index in [9.17, 15) is 9.59 Å². The summed E-state index contributed by atoms with van der Waals surface area (Å²) in [5.74, 6) is 1.89. The fourth-order valence-corrected chi connectivity index (χ4v) is 5.67. The maximum atomic E-state index is 13.7. The molecule has 2 atom stereocenters. The van der Waals surface area contributed by atoms with E-state index in [1.165, 1.54) is 0 Å². The van der Waals surface area contributed by atoms with Crippen molar-refractivity contribution in [3.05, 3.63) is 24.3 Å². The number of aromatic nitrogens is 2. The Hall–Kier alpha value is -3.31. The Morgan fingerprint density at radius 3 is 2.48 bits per heavy atom. The predicted octanol–water partition coefficient (Wildman–Crippen LogP) is 3.69. The van der Waals surface area contributed by atoms with Crippen molar-refractivity contribution in [1.29, 1.82) is 0 Å². The number of amides is 1. The maximum Gasteiger partial charge on any atom is 0.248 e. The van der Waals surface area contributed by atoms with Crippen LogP contribution in [0, 0.1) is 5.92 Å². The van der Waals surface area contributed by atoms with Gasteiger partial charge in [-0.15, -0.1) is 0 Å². The molecule has 3 heterocycles. The number of nitrogens with zero attached hydrogens (tertiary/aromatic N) is 5. The third-order valence-electron chi connectivity index (χ3n) is 7.54. The maximum absolute atomic E-state index is 13.7. The summed E-state index contributed by atoms with van der Waals surface area (Å²) in [6.45, 7) is 10.5. The molecule has 0 spiro atoms. The van der Waals surface area contributed by atoms with Gasteiger partial charge in [-0.3, -0.25) is 9.69 Å². The van der Waals surface area contributed by atoms with Crippen molar-refractivity contribution in [2.24, 2.45) is 5.92 Å². The van der Waals surface area contributed by atoms with Crippen molar-refractivity contribution in [2.45, 2.75) is 46.1 Å². The molecule has 1 amide bonds. The molecular weight excluding hydrogens is 528 g/mol. The molecule has 40 heavy (non-hydrogen) atoms. The van der Waals surface area contributed by atoms with Gasteiger partial charge in [0, 0.05) is 63.1 Å². The zero-order valence-corrected chi connectivity index (χ0v) is 24.9. The molecule has 2 fully saturated rings. The van der Waals surface area contributed by atoms with Crippen LogP contribution in [0.5, 0.6) is 11.5 Å². The number of rotatable bonds is 10. The third kappa shape index (κ3) is 6.69. The first kappa shape index (κ1) is 29.7. The van der Waals surface area contributed by atoms with Crippen molar-refractivity contribution < 1.29 is 19.1 Å². The number of fused-ring (bicyclic) bond motifs is 1. The van der Waals surface area contributed by atoms with Crippen molar-refractivity contribution in [1.82, 2.24) is 19.8 Å². The van der Waals surface area contributed by atoms with Gasteiger partial charge < -0.3 is 29.4 Å². The SMILES string of the molecule is C/C=C/CN1CCN(c2nc(NC(=O)[C@H]3CCCN3C(=S)C(C)CC(C)=O)c3cc(OC)c(OC)cc3n2)CC1. The number of methoxy groups -OCH3 is 2. The molecule has 216 valence electrons. The molecule has 1 unspecified atom stereocenters. The number of ketones is 1. The Bertz CT molecular complexity index is 1280. The Kier molecular flexibility index (Phi) is 9.91. The number of anilines is 2. The van der Waals surface area contributed by atoms with Crippen LogP contribution < -0.4 is 19.7 Å². The first-order valence-corrected chi connectivity index (χ1v) is 14.3. The molecule has 2 aliphatic rings. The van der Waals surface area contributed by atoms with Crippen LogP contribution >= 0.6 is 12.2 Å². The van der Waals surface area contributed by atoms with Gasteiger partial charge in [-0.1, -0.05) is 31.3 Å². The fraction of sp³-hybridized carbons (Fsp3) is 0.552. The summed E-state index contributed by atoms with van der Waals surface area (Å²) in [7, 11) is 3.16. The number of carbonyl (C=O) groups is 2. The predicted molar refractivity (Wildman–Crippen MR) is 162 cm³/mol. The summed E-state index contributed by atoms with van der Waals surface area (Å²) >= 11 is 5.72. The largest absolute Gasteiger partial charge is 0.493 e. The Morgan fingerprint density at radius 2 is 1.82 bits per heavy atom. The molecule has 0 bridgehead atoms. The average Bonchev–Trinajstić information content (AvgIpc) is 3.45. The molecule has 1 N–H and O–H groups in total. The Balaban J connectivity index is 1.63. The van der Waals surface area contributed by atoms with Gasteiger partial charge in [0.15, 0.2) is 11.5 Å². The number of thiocarbonyl (C=S) groups is 1. The van der Waals surface area contributed by atoms with Gasteiger partial charge in [0.25, 0.3) is 0 Å². The lowest BCUT2D eigenvalue weighted by molar-refractivity contribution is -0.119. The van der Waals surface area contributed by atoms with Crippen LogP contribution in [-0.2, 0) is 9.59 Å². The van der Waals surface area contributed by atoms with Crippen molar-refractivity contribution >= 4 is 51.6 Å². The van der Waals surface area contributed by atoms with E-state index in [0.29, 0.717) is 58.5 Å². The number of carbonyl (C=O) groups excluding carboxylic acids is 2. The second-order valence-electron chi connectivity index (χ2n) is 10.4. The smallest absolute Gasteiger partial charge is 0.248 e. The minimum Gasteiger partial charge on any atom is -0.493 e. The highest BCUT2D eigenvalue weighted by atomic mass is 32.1. The molecule has 1 aromatic heterocycles. The van der Waals surface area contributed by atoms with Gasteiger partial charge in [-0.25, -0.2) is 4.98 Å². The number of ether oxygens (including phenoxy) is 2.